The Balaban J connectivity index is 1.63. The second-order valence-electron chi connectivity index (χ2n) is 9.66. The molecule has 2 fully saturated rings. The van der Waals surface area contributed by atoms with Crippen LogP contribution in [0.3, 0.4) is 0 Å². The third-order valence-electron chi connectivity index (χ3n) is 7.31. The van der Waals surface area contributed by atoms with E-state index in [0.29, 0.717) is 6.42 Å². The highest BCUT2D eigenvalue weighted by molar-refractivity contribution is 5.90. The molecule has 1 saturated carbocycles. The normalized spacial score (nSPS) is 24.6. The largest absolute Gasteiger partial charge is 0.458 e. The number of carbonyl (C=O) groups is 1. The van der Waals surface area contributed by atoms with Crippen LogP contribution < -0.4 is 0 Å². The van der Waals surface area contributed by atoms with E-state index in [4.69, 9.17) is 4.74 Å². The Bertz CT molecular complexity index is 1150. The number of esters is 1. The van der Waals surface area contributed by atoms with E-state index in [1.165, 1.54) is 24.3 Å². The fourth-order valence-electron chi connectivity index (χ4n) is 5.66. The van der Waals surface area contributed by atoms with E-state index < -0.39 is 12.2 Å². The molecule has 2 aromatic carbocycles. The Morgan fingerprint density at radius 1 is 0.941 bits per heavy atom. The summed E-state index contributed by atoms with van der Waals surface area (Å²) in [6, 6.07) is 13.1. The van der Waals surface area contributed by atoms with Crippen molar-refractivity contribution >= 4 is 17.1 Å². The van der Waals surface area contributed by atoms with Crippen molar-refractivity contribution < 1.29 is 23.4 Å². The van der Waals surface area contributed by atoms with Gasteiger partial charge in [-0.2, -0.15) is 0 Å². The van der Waals surface area contributed by atoms with Crippen LogP contribution in [-0.4, -0.2) is 23.3 Å². The highest BCUT2D eigenvalue weighted by atomic mass is 19.1. The lowest BCUT2D eigenvalue weighted by molar-refractivity contribution is -0.156. The van der Waals surface area contributed by atoms with E-state index >= 15 is 0 Å². The topological polar surface area (TPSA) is 46.5 Å². The number of allylic oxidation sites excluding steroid dienone is 5. The third-order valence-corrected chi connectivity index (χ3v) is 7.31. The molecule has 3 aliphatic rings. The molecule has 0 unspecified atom stereocenters. The molecular weight excluding hydrogens is 434 g/mol. The summed E-state index contributed by atoms with van der Waals surface area (Å²) >= 11 is 0. The first kappa shape index (κ1) is 22.7. The molecule has 0 bridgehead atoms. The molecule has 5 rings (SSSR count). The average Bonchev–Trinajstić information content (AvgIpc) is 3.27. The van der Waals surface area contributed by atoms with Crippen LogP contribution in [0.25, 0.3) is 11.1 Å². The van der Waals surface area contributed by atoms with Crippen LogP contribution in [0.4, 0.5) is 8.78 Å². The van der Waals surface area contributed by atoms with Crippen molar-refractivity contribution in [2.24, 2.45) is 5.41 Å². The number of hydrogen-bond donors (Lipinski definition) is 1. The van der Waals surface area contributed by atoms with Crippen LogP contribution in [0.2, 0.25) is 0 Å². The zero-order valence-corrected chi connectivity index (χ0v) is 19.0. The minimum atomic E-state index is -0.696. The highest BCUT2D eigenvalue weighted by Crippen LogP contribution is 2.55. The number of cyclic esters (lactones) is 1. The highest BCUT2D eigenvalue weighted by Gasteiger charge is 2.41. The van der Waals surface area contributed by atoms with Gasteiger partial charge in [0, 0.05) is 6.42 Å². The van der Waals surface area contributed by atoms with Gasteiger partial charge in [0.2, 0.25) is 0 Å². The van der Waals surface area contributed by atoms with E-state index in [0.717, 1.165) is 60.0 Å². The van der Waals surface area contributed by atoms with Gasteiger partial charge in [0.25, 0.3) is 0 Å². The van der Waals surface area contributed by atoms with Gasteiger partial charge in [-0.3, -0.25) is 4.79 Å². The molecule has 1 heterocycles. The monoisotopic (exact) mass is 462 g/mol. The summed E-state index contributed by atoms with van der Waals surface area (Å²) in [5, 5.41) is 10.0. The lowest BCUT2D eigenvalue weighted by Gasteiger charge is -2.38. The molecule has 0 radical (unpaired) electrons. The van der Waals surface area contributed by atoms with Crippen LogP contribution in [0.15, 0.2) is 72.3 Å². The minimum Gasteiger partial charge on any atom is -0.458 e. The maximum Gasteiger partial charge on any atom is 0.309 e. The van der Waals surface area contributed by atoms with Crippen LogP contribution >= 0.6 is 0 Å². The smallest absolute Gasteiger partial charge is 0.309 e. The lowest BCUT2D eigenvalue weighted by Crippen LogP contribution is -2.31. The number of aliphatic hydroxyl groups is 1. The van der Waals surface area contributed by atoms with Gasteiger partial charge in [0.1, 0.15) is 17.7 Å². The number of benzene rings is 2. The van der Waals surface area contributed by atoms with Crippen molar-refractivity contribution in [3.05, 3.63) is 95.1 Å². The molecule has 3 nitrogen and oxygen atoms in total. The van der Waals surface area contributed by atoms with Gasteiger partial charge in [0.15, 0.2) is 0 Å². The predicted molar refractivity (Wildman–Crippen MR) is 127 cm³/mol. The first-order valence-corrected chi connectivity index (χ1v) is 11.9. The summed E-state index contributed by atoms with van der Waals surface area (Å²) in [6.07, 6.45) is 10.4. The van der Waals surface area contributed by atoms with E-state index in [1.807, 2.05) is 18.2 Å². The molecule has 2 aliphatic carbocycles. The first-order valence-electron chi connectivity index (χ1n) is 11.9. The number of carbonyl (C=O) groups excluding carboxylic acids is 1. The second kappa shape index (κ2) is 9.30. The molecule has 2 atom stereocenters. The summed E-state index contributed by atoms with van der Waals surface area (Å²) in [4.78, 5) is 11.8. The Labute approximate surface area is 198 Å². The lowest BCUT2D eigenvalue weighted by atomic mass is 9.66. The number of hydrogen-bond acceptors (Lipinski definition) is 3. The number of rotatable bonds is 4. The van der Waals surface area contributed by atoms with E-state index in [2.05, 4.69) is 12.2 Å². The summed E-state index contributed by atoms with van der Waals surface area (Å²) in [6.45, 7) is 0. The fraction of sp³-hybridized carbons (Fsp3) is 0.345. The van der Waals surface area contributed by atoms with Gasteiger partial charge in [-0.25, -0.2) is 8.78 Å². The molecule has 0 amide bonds. The number of aliphatic hydroxyl groups excluding tert-OH is 1. The molecule has 176 valence electrons. The Hall–Kier alpha value is -3.05. The number of ether oxygens (including phenoxy) is 1. The maximum atomic E-state index is 13.7. The maximum absolute atomic E-state index is 13.7. The summed E-state index contributed by atoms with van der Waals surface area (Å²) < 4.78 is 32.8. The molecule has 5 heteroatoms. The van der Waals surface area contributed by atoms with Crippen molar-refractivity contribution in [2.45, 2.75) is 57.2 Å². The molecule has 2 aromatic rings. The van der Waals surface area contributed by atoms with Gasteiger partial charge >= 0.3 is 5.97 Å². The van der Waals surface area contributed by atoms with Crippen molar-refractivity contribution in [1.82, 2.24) is 0 Å². The van der Waals surface area contributed by atoms with Crippen LogP contribution in [-0.2, 0) is 9.53 Å². The summed E-state index contributed by atoms with van der Waals surface area (Å²) in [7, 11) is 0. The van der Waals surface area contributed by atoms with Crippen LogP contribution in [0.5, 0.6) is 0 Å². The SMILES string of the molecule is O=C1C[C@@H](O)C[C@H](C=CC2=C(c3ccc(F)cc3)C=C(c3ccc(F)cc3)CC23CCCC3)O1. The second-order valence-corrected chi connectivity index (χ2v) is 9.66. The molecule has 0 aromatic heterocycles. The Morgan fingerprint density at radius 3 is 2.18 bits per heavy atom. The third kappa shape index (κ3) is 4.62. The summed E-state index contributed by atoms with van der Waals surface area (Å²) in [5.41, 5.74) is 5.09. The average molecular weight is 463 g/mol. The van der Waals surface area contributed by atoms with Gasteiger partial charge in [0.05, 0.1) is 12.5 Å². The van der Waals surface area contributed by atoms with E-state index in [1.54, 1.807) is 12.1 Å². The van der Waals surface area contributed by atoms with Crippen molar-refractivity contribution in [3.63, 3.8) is 0 Å². The van der Waals surface area contributed by atoms with Gasteiger partial charge < -0.3 is 9.84 Å². The van der Waals surface area contributed by atoms with Crippen molar-refractivity contribution in [2.75, 3.05) is 0 Å². The first-order chi connectivity index (χ1) is 16.4. The van der Waals surface area contributed by atoms with Gasteiger partial charge in [-0.15, -0.1) is 0 Å². The minimum absolute atomic E-state index is 0.0293. The zero-order chi connectivity index (χ0) is 23.7. The summed E-state index contributed by atoms with van der Waals surface area (Å²) in [5.74, 6) is -0.949. The molecule has 1 spiro atoms. The van der Waals surface area contributed by atoms with Gasteiger partial charge in [-0.1, -0.05) is 49.3 Å². The van der Waals surface area contributed by atoms with Crippen molar-refractivity contribution in [3.8, 4) is 0 Å². The zero-order valence-electron chi connectivity index (χ0n) is 19.0. The molecular formula is C29H28F2O3. The van der Waals surface area contributed by atoms with Crippen LogP contribution in [0.1, 0.15) is 56.1 Å². The predicted octanol–water partition coefficient (Wildman–Crippen LogP) is 6.39. The van der Waals surface area contributed by atoms with Crippen LogP contribution in [0, 0.1) is 17.0 Å². The molecule has 34 heavy (non-hydrogen) atoms. The van der Waals surface area contributed by atoms with E-state index in [9.17, 15) is 18.7 Å². The van der Waals surface area contributed by atoms with Gasteiger partial charge in [-0.05, 0) is 82.9 Å². The molecule has 1 N–H and O–H groups in total. The number of halogens is 2. The standard InChI is InChI=1S/C29H28F2O3/c30-22-7-3-19(4-8-22)21-15-26(20-5-9-23(31)10-6-20)27(29(18-21)13-1-2-14-29)12-11-25-16-24(32)17-28(33)34-25/h3-12,15,24-25,32H,1-2,13-14,16-18H2/t24-,25-/m0/s1. The Kier molecular flexibility index (Phi) is 6.22. The van der Waals surface area contributed by atoms with E-state index in [-0.39, 0.29) is 29.4 Å². The fourth-order valence-corrected chi connectivity index (χ4v) is 5.66. The Morgan fingerprint density at radius 2 is 1.56 bits per heavy atom. The van der Waals surface area contributed by atoms with Crippen molar-refractivity contribution in [1.29, 1.82) is 0 Å². The molecule has 1 saturated heterocycles. The quantitative estimate of drug-likeness (QED) is 0.536. The molecule has 1 aliphatic heterocycles.